The highest BCUT2D eigenvalue weighted by molar-refractivity contribution is 5.82. The van der Waals surface area contributed by atoms with Crippen LogP contribution in [0.4, 0.5) is 0 Å². The molecule has 4 nitrogen and oxygen atoms in total. The Labute approximate surface area is 126 Å². The van der Waals surface area contributed by atoms with Gasteiger partial charge in [-0.2, -0.15) is 0 Å². The van der Waals surface area contributed by atoms with Crippen LogP contribution in [0.2, 0.25) is 0 Å². The summed E-state index contributed by atoms with van der Waals surface area (Å²) in [5.41, 5.74) is -0.421. The first-order valence-electron chi connectivity index (χ1n) is 8.24. The first kappa shape index (κ1) is 13.6. The molecule has 4 heteroatoms. The van der Waals surface area contributed by atoms with Gasteiger partial charge in [0, 0.05) is 16.4 Å². The lowest BCUT2D eigenvalue weighted by molar-refractivity contribution is -0.166. The van der Waals surface area contributed by atoms with Gasteiger partial charge in [-0.05, 0) is 43.9 Å². The molecule has 4 bridgehead atoms. The van der Waals surface area contributed by atoms with Crippen molar-refractivity contribution < 1.29 is 14.3 Å². The molecular weight excluding hydrogens is 266 g/mol. The van der Waals surface area contributed by atoms with Gasteiger partial charge >= 0.3 is 5.97 Å². The Morgan fingerprint density at radius 3 is 2.76 bits per heavy atom. The van der Waals surface area contributed by atoms with Gasteiger partial charge in [-0.1, -0.05) is 20.8 Å². The molecule has 4 unspecified atom stereocenters. The smallest absolute Gasteiger partial charge is 0.306 e. The predicted octanol–water partition coefficient (Wildman–Crippen LogP) is 2.41. The van der Waals surface area contributed by atoms with Crippen LogP contribution in [0.15, 0.2) is 0 Å². The van der Waals surface area contributed by atoms with Crippen LogP contribution in [0, 0.1) is 22.7 Å². The van der Waals surface area contributed by atoms with Gasteiger partial charge in [-0.15, -0.1) is 0 Å². The van der Waals surface area contributed by atoms with Gasteiger partial charge in [0.2, 0.25) is 5.91 Å². The number of nitrogens with one attached hydrogen (secondary N) is 1. The summed E-state index contributed by atoms with van der Waals surface area (Å²) in [5.74, 6) is 1.23. The fourth-order valence-corrected chi connectivity index (χ4v) is 5.80. The second-order valence-electron chi connectivity index (χ2n) is 9.09. The summed E-state index contributed by atoms with van der Waals surface area (Å²) in [5, 5.41) is 3.38. The molecule has 4 aliphatic carbocycles. The minimum atomic E-state index is -0.359. The summed E-state index contributed by atoms with van der Waals surface area (Å²) in [6.07, 6.45) is 6.00. The highest BCUT2D eigenvalue weighted by atomic mass is 16.6. The van der Waals surface area contributed by atoms with Crippen LogP contribution in [-0.2, 0) is 14.3 Å². The molecule has 1 N–H and O–H groups in total. The summed E-state index contributed by atoms with van der Waals surface area (Å²) in [6.45, 7) is 5.89. The van der Waals surface area contributed by atoms with E-state index in [1.807, 2.05) is 20.8 Å². The zero-order valence-corrected chi connectivity index (χ0v) is 13.2. The highest BCUT2D eigenvalue weighted by Crippen LogP contribution is 2.65. The lowest BCUT2D eigenvalue weighted by atomic mass is 9.45. The lowest BCUT2D eigenvalue weighted by Crippen LogP contribution is -2.67. The Morgan fingerprint density at radius 1 is 1.29 bits per heavy atom. The molecule has 5 rings (SSSR count). The number of rotatable bonds is 1. The van der Waals surface area contributed by atoms with Gasteiger partial charge in [0.1, 0.15) is 6.10 Å². The Hall–Kier alpha value is -1.06. The van der Waals surface area contributed by atoms with Gasteiger partial charge in [-0.25, -0.2) is 0 Å². The van der Waals surface area contributed by atoms with E-state index in [4.69, 9.17) is 4.74 Å². The number of ether oxygens (including phenoxy) is 1. The molecule has 4 saturated carbocycles. The average Bonchev–Trinajstić information content (AvgIpc) is 2.62. The van der Waals surface area contributed by atoms with Crippen molar-refractivity contribution in [2.45, 2.75) is 70.9 Å². The molecular formula is C17H25NO3. The number of hydrogen-bond acceptors (Lipinski definition) is 3. The van der Waals surface area contributed by atoms with E-state index in [2.05, 4.69) is 5.32 Å². The van der Waals surface area contributed by atoms with Crippen LogP contribution >= 0.6 is 0 Å². The van der Waals surface area contributed by atoms with Crippen LogP contribution < -0.4 is 5.32 Å². The summed E-state index contributed by atoms with van der Waals surface area (Å²) in [4.78, 5) is 24.3. The van der Waals surface area contributed by atoms with E-state index in [9.17, 15) is 9.59 Å². The molecule has 0 aromatic carbocycles. The van der Waals surface area contributed by atoms with Gasteiger partial charge in [-0.3, -0.25) is 9.59 Å². The van der Waals surface area contributed by atoms with Gasteiger partial charge in [0.25, 0.3) is 0 Å². The van der Waals surface area contributed by atoms with Gasteiger partial charge in [0.05, 0.1) is 6.42 Å². The van der Waals surface area contributed by atoms with Crippen molar-refractivity contribution in [2.75, 3.05) is 0 Å². The number of hydrogen-bond donors (Lipinski definition) is 1. The van der Waals surface area contributed by atoms with E-state index < -0.39 is 0 Å². The molecule has 1 spiro atoms. The molecule has 0 aromatic heterocycles. The van der Waals surface area contributed by atoms with Crippen molar-refractivity contribution in [3.8, 4) is 0 Å². The number of amides is 1. The molecule has 1 heterocycles. The monoisotopic (exact) mass is 291 g/mol. The Kier molecular flexibility index (Phi) is 2.47. The van der Waals surface area contributed by atoms with E-state index in [0.29, 0.717) is 18.3 Å². The van der Waals surface area contributed by atoms with Gasteiger partial charge < -0.3 is 10.1 Å². The maximum Gasteiger partial charge on any atom is 0.306 e. The molecule has 1 saturated heterocycles. The fourth-order valence-electron chi connectivity index (χ4n) is 5.80. The Morgan fingerprint density at radius 2 is 2.05 bits per heavy atom. The highest BCUT2D eigenvalue weighted by Gasteiger charge is 2.67. The average molecular weight is 291 g/mol. The molecule has 5 fully saturated rings. The Bertz CT molecular complexity index is 523. The van der Waals surface area contributed by atoms with E-state index in [1.54, 1.807) is 0 Å². The topological polar surface area (TPSA) is 55.4 Å². The van der Waals surface area contributed by atoms with Crippen molar-refractivity contribution in [3.63, 3.8) is 0 Å². The Balaban J connectivity index is 1.64. The maximum absolute atomic E-state index is 12.5. The largest absolute Gasteiger partial charge is 0.461 e. The van der Waals surface area contributed by atoms with Crippen molar-refractivity contribution >= 4 is 11.9 Å². The fraction of sp³-hybridized carbons (Fsp3) is 0.882. The third kappa shape index (κ3) is 1.87. The summed E-state index contributed by atoms with van der Waals surface area (Å²) >= 11 is 0. The van der Waals surface area contributed by atoms with E-state index in [0.717, 1.165) is 25.7 Å². The minimum Gasteiger partial charge on any atom is -0.461 e. The molecule has 0 aromatic rings. The van der Waals surface area contributed by atoms with Crippen LogP contribution in [0.3, 0.4) is 0 Å². The lowest BCUT2D eigenvalue weighted by Gasteiger charge is -2.62. The zero-order valence-electron chi connectivity index (χ0n) is 13.2. The summed E-state index contributed by atoms with van der Waals surface area (Å²) in [6, 6.07) is 0. The van der Waals surface area contributed by atoms with Crippen molar-refractivity contribution in [2.24, 2.45) is 22.7 Å². The van der Waals surface area contributed by atoms with Crippen molar-refractivity contribution in [3.05, 3.63) is 0 Å². The molecule has 5 atom stereocenters. The molecule has 5 aliphatic rings. The molecule has 0 radical (unpaired) electrons. The van der Waals surface area contributed by atoms with Crippen LogP contribution in [-0.4, -0.2) is 23.5 Å². The van der Waals surface area contributed by atoms with Crippen molar-refractivity contribution in [1.29, 1.82) is 0 Å². The molecule has 21 heavy (non-hydrogen) atoms. The van der Waals surface area contributed by atoms with Crippen LogP contribution in [0.25, 0.3) is 0 Å². The second kappa shape index (κ2) is 3.82. The first-order chi connectivity index (χ1) is 9.71. The first-order valence-corrected chi connectivity index (χ1v) is 8.24. The molecule has 1 aliphatic heterocycles. The minimum absolute atomic E-state index is 0.0202. The third-order valence-electron chi connectivity index (χ3n) is 6.20. The van der Waals surface area contributed by atoms with Crippen LogP contribution in [0.5, 0.6) is 0 Å². The summed E-state index contributed by atoms with van der Waals surface area (Å²) in [7, 11) is 0. The SMILES string of the molecule is CC(C)(C)C(=O)NC12CC3CC(C1)[C@H]1OC(=O)CC1(C3)C2. The van der Waals surface area contributed by atoms with E-state index in [1.165, 1.54) is 6.42 Å². The molecule has 1 amide bonds. The number of carbonyl (C=O) groups is 2. The molecule has 116 valence electrons. The predicted molar refractivity (Wildman–Crippen MR) is 77.3 cm³/mol. The van der Waals surface area contributed by atoms with Crippen LogP contribution in [0.1, 0.15) is 59.3 Å². The normalized spacial score (nSPS) is 47.2. The van der Waals surface area contributed by atoms with Gasteiger partial charge in [0.15, 0.2) is 0 Å². The second-order valence-corrected chi connectivity index (χ2v) is 9.09. The summed E-state index contributed by atoms with van der Waals surface area (Å²) < 4.78 is 5.66. The standard InChI is InChI=1S/C17H25NO3/c1-15(2,3)14(20)18-17-6-10-4-11(7-17)13-16(5-10,9-17)8-12(19)21-13/h10-11,13H,4-9H2,1-3H3,(H,18,20)/t10?,11?,13-,16?,17?/m1/s1. The number of carbonyl (C=O) groups excluding carboxylic acids is 2. The third-order valence-corrected chi connectivity index (χ3v) is 6.20. The maximum atomic E-state index is 12.5. The van der Waals surface area contributed by atoms with E-state index >= 15 is 0 Å². The van der Waals surface area contributed by atoms with E-state index in [-0.39, 0.29) is 34.3 Å². The quantitative estimate of drug-likeness (QED) is 0.755. The zero-order chi connectivity index (χ0) is 15.0. The van der Waals surface area contributed by atoms with Crippen molar-refractivity contribution in [1.82, 2.24) is 5.32 Å². The number of esters is 1.